The third kappa shape index (κ3) is 4.46. The third-order valence-electron chi connectivity index (χ3n) is 6.15. The number of rotatable bonds is 7. The second-order valence-electron chi connectivity index (χ2n) is 9.13. The summed E-state index contributed by atoms with van der Waals surface area (Å²) in [7, 11) is 0. The zero-order valence-electron chi connectivity index (χ0n) is 19.2. The van der Waals surface area contributed by atoms with Crippen LogP contribution in [0.3, 0.4) is 0 Å². The van der Waals surface area contributed by atoms with Gasteiger partial charge in [-0.3, -0.25) is 14.5 Å². The van der Waals surface area contributed by atoms with Crippen LogP contribution in [0.5, 0.6) is 0 Å². The summed E-state index contributed by atoms with van der Waals surface area (Å²) in [5.41, 5.74) is 0.468. The summed E-state index contributed by atoms with van der Waals surface area (Å²) in [6.07, 6.45) is 0.754. The number of hydrogen-bond donors (Lipinski definition) is 2. The Hall–Kier alpha value is -3.67. The molecule has 1 saturated heterocycles. The Balaban J connectivity index is 1.54. The minimum atomic E-state index is -1.24. The van der Waals surface area contributed by atoms with Crippen molar-refractivity contribution >= 4 is 28.6 Å². The van der Waals surface area contributed by atoms with E-state index in [-0.39, 0.29) is 18.5 Å². The average molecular weight is 444 g/mol. The molecule has 6 heteroatoms. The fourth-order valence-corrected chi connectivity index (χ4v) is 4.50. The number of fused-ring (bicyclic) bond motifs is 1. The molecule has 1 heterocycles. The van der Waals surface area contributed by atoms with Crippen LogP contribution in [0.4, 0.5) is 4.79 Å². The van der Waals surface area contributed by atoms with Crippen LogP contribution in [0.2, 0.25) is 0 Å². The summed E-state index contributed by atoms with van der Waals surface area (Å²) < 4.78 is 0. The average Bonchev–Trinajstić information content (AvgIpc) is 3.02. The van der Waals surface area contributed by atoms with Gasteiger partial charge in [-0.1, -0.05) is 86.6 Å². The van der Waals surface area contributed by atoms with Gasteiger partial charge < -0.3 is 10.6 Å². The smallest absolute Gasteiger partial charge is 0.325 e. The molecular weight excluding hydrogens is 414 g/mol. The molecule has 0 aliphatic carbocycles. The van der Waals surface area contributed by atoms with Gasteiger partial charge in [-0.2, -0.15) is 0 Å². The monoisotopic (exact) mass is 443 g/mol. The lowest BCUT2D eigenvalue weighted by Gasteiger charge is -2.24. The largest absolute Gasteiger partial charge is 0.348 e. The van der Waals surface area contributed by atoms with E-state index in [4.69, 9.17) is 0 Å². The molecule has 2 N–H and O–H groups in total. The van der Waals surface area contributed by atoms with Gasteiger partial charge in [0.05, 0.1) is 6.04 Å². The van der Waals surface area contributed by atoms with Gasteiger partial charge in [0, 0.05) is 0 Å². The molecule has 3 aromatic carbocycles. The molecule has 0 radical (unpaired) electrons. The Labute approximate surface area is 194 Å². The van der Waals surface area contributed by atoms with E-state index >= 15 is 0 Å². The molecule has 0 bridgehead atoms. The second kappa shape index (κ2) is 9.06. The molecular formula is C27H29N3O3. The highest BCUT2D eigenvalue weighted by Gasteiger charge is 2.50. The Kier molecular flexibility index (Phi) is 6.18. The first-order valence-corrected chi connectivity index (χ1v) is 11.3. The second-order valence-corrected chi connectivity index (χ2v) is 9.13. The fourth-order valence-electron chi connectivity index (χ4n) is 4.50. The molecule has 6 nitrogen and oxygen atoms in total. The standard InChI is InChI=1S/C27H29N3O3/c1-18(2)16-23(20-11-5-4-6-12-20)28-24(31)17-30-25(32)27(3,29-26(30)33)22-15-9-13-19-10-7-8-14-21(19)22/h4-15,18,23H,16-17H2,1-3H3,(H,28,31)(H,29,33)/t23-,27+/m0/s1. The van der Waals surface area contributed by atoms with Crippen LogP contribution in [0.25, 0.3) is 10.8 Å². The summed E-state index contributed by atoms with van der Waals surface area (Å²) >= 11 is 0. The van der Waals surface area contributed by atoms with Crippen molar-refractivity contribution in [1.29, 1.82) is 0 Å². The first-order chi connectivity index (χ1) is 15.8. The number of hydrogen-bond acceptors (Lipinski definition) is 3. The molecule has 3 aromatic rings. The van der Waals surface area contributed by atoms with Crippen LogP contribution in [0, 0.1) is 5.92 Å². The Morgan fingerprint density at radius 3 is 2.36 bits per heavy atom. The number of nitrogens with zero attached hydrogens (tertiary/aromatic N) is 1. The maximum absolute atomic E-state index is 13.4. The van der Waals surface area contributed by atoms with Crippen LogP contribution in [0.15, 0.2) is 72.8 Å². The maximum atomic E-state index is 13.4. The molecule has 4 rings (SSSR count). The summed E-state index contributed by atoms with van der Waals surface area (Å²) in [5.74, 6) is -0.434. The predicted octanol–water partition coefficient (Wildman–Crippen LogP) is 4.51. The van der Waals surface area contributed by atoms with Gasteiger partial charge in [-0.15, -0.1) is 0 Å². The number of benzene rings is 3. The molecule has 1 aliphatic rings. The van der Waals surface area contributed by atoms with E-state index in [0.717, 1.165) is 27.7 Å². The molecule has 1 fully saturated rings. The van der Waals surface area contributed by atoms with Crippen molar-refractivity contribution < 1.29 is 14.4 Å². The molecule has 1 aliphatic heterocycles. The van der Waals surface area contributed by atoms with Gasteiger partial charge in [0.25, 0.3) is 5.91 Å². The normalized spacial score (nSPS) is 19.1. The van der Waals surface area contributed by atoms with Crippen LogP contribution >= 0.6 is 0 Å². The van der Waals surface area contributed by atoms with Gasteiger partial charge >= 0.3 is 6.03 Å². The van der Waals surface area contributed by atoms with Crippen molar-refractivity contribution in [2.45, 2.75) is 38.8 Å². The Morgan fingerprint density at radius 1 is 0.970 bits per heavy atom. The lowest BCUT2D eigenvalue weighted by molar-refractivity contribution is -0.135. The van der Waals surface area contributed by atoms with Crippen molar-refractivity contribution in [3.05, 3.63) is 83.9 Å². The first kappa shape index (κ1) is 22.5. The van der Waals surface area contributed by atoms with E-state index < -0.39 is 17.5 Å². The highest BCUT2D eigenvalue weighted by molar-refractivity contribution is 6.10. The van der Waals surface area contributed by atoms with E-state index in [1.165, 1.54) is 0 Å². The Bertz CT molecular complexity index is 1190. The van der Waals surface area contributed by atoms with E-state index in [0.29, 0.717) is 11.5 Å². The molecule has 0 spiro atoms. The SMILES string of the molecule is CC(C)C[C@H](NC(=O)CN1C(=O)N[C@](C)(c2cccc3ccccc23)C1=O)c1ccccc1. The summed E-state index contributed by atoms with van der Waals surface area (Å²) in [4.78, 5) is 40.1. The van der Waals surface area contributed by atoms with Crippen molar-refractivity contribution in [2.24, 2.45) is 5.92 Å². The van der Waals surface area contributed by atoms with Crippen LogP contribution < -0.4 is 10.6 Å². The Morgan fingerprint density at radius 2 is 1.64 bits per heavy atom. The van der Waals surface area contributed by atoms with Crippen LogP contribution in [0.1, 0.15) is 44.4 Å². The number of amides is 4. The summed E-state index contributed by atoms with van der Waals surface area (Å²) in [6.45, 7) is 5.55. The topological polar surface area (TPSA) is 78.5 Å². The van der Waals surface area contributed by atoms with E-state index in [1.54, 1.807) is 6.92 Å². The molecule has 2 atom stereocenters. The van der Waals surface area contributed by atoms with Crippen molar-refractivity contribution in [2.75, 3.05) is 6.54 Å². The van der Waals surface area contributed by atoms with Gasteiger partial charge in [0.1, 0.15) is 12.1 Å². The van der Waals surface area contributed by atoms with Crippen LogP contribution in [-0.2, 0) is 15.1 Å². The van der Waals surface area contributed by atoms with Crippen molar-refractivity contribution in [3.63, 3.8) is 0 Å². The van der Waals surface area contributed by atoms with Crippen molar-refractivity contribution in [1.82, 2.24) is 15.5 Å². The van der Waals surface area contributed by atoms with Crippen LogP contribution in [-0.4, -0.2) is 29.3 Å². The lowest BCUT2D eigenvalue weighted by Crippen LogP contribution is -2.44. The van der Waals surface area contributed by atoms with Gasteiger partial charge in [0.15, 0.2) is 0 Å². The molecule has 0 aromatic heterocycles. The highest BCUT2D eigenvalue weighted by atomic mass is 16.2. The number of urea groups is 1. The minimum Gasteiger partial charge on any atom is -0.348 e. The summed E-state index contributed by atoms with van der Waals surface area (Å²) in [5, 5.41) is 7.71. The third-order valence-corrected chi connectivity index (χ3v) is 6.15. The zero-order chi connectivity index (χ0) is 23.6. The predicted molar refractivity (Wildman–Crippen MR) is 128 cm³/mol. The number of carbonyl (C=O) groups excluding carboxylic acids is 3. The highest BCUT2D eigenvalue weighted by Crippen LogP contribution is 2.33. The van der Waals surface area contributed by atoms with Gasteiger partial charge in [-0.25, -0.2) is 4.79 Å². The quantitative estimate of drug-likeness (QED) is 0.528. The molecule has 0 unspecified atom stereocenters. The molecule has 170 valence electrons. The minimum absolute atomic E-state index is 0.191. The fraction of sp³-hybridized carbons (Fsp3) is 0.296. The molecule has 0 saturated carbocycles. The van der Waals surface area contributed by atoms with Gasteiger partial charge in [0.2, 0.25) is 5.91 Å². The van der Waals surface area contributed by atoms with Gasteiger partial charge in [-0.05, 0) is 41.2 Å². The number of carbonyl (C=O) groups is 3. The van der Waals surface area contributed by atoms with E-state index in [2.05, 4.69) is 24.5 Å². The zero-order valence-corrected chi connectivity index (χ0v) is 19.2. The summed E-state index contributed by atoms with van der Waals surface area (Å²) in [6, 6.07) is 22.4. The lowest BCUT2D eigenvalue weighted by atomic mass is 9.88. The van der Waals surface area contributed by atoms with Crippen molar-refractivity contribution in [3.8, 4) is 0 Å². The number of nitrogens with one attached hydrogen (secondary N) is 2. The maximum Gasteiger partial charge on any atom is 0.325 e. The molecule has 4 amide bonds. The first-order valence-electron chi connectivity index (χ1n) is 11.3. The molecule has 33 heavy (non-hydrogen) atoms. The number of imide groups is 1. The van der Waals surface area contributed by atoms with E-state index in [9.17, 15) is 14.4 Å². The van der Waals surface area contributed by atoms with E-state index in [1.807, 2.05) is 72.8 Å².